The van der Waals surface area contributed by atoms with Gasteiger partial charge in [-0.2, -0.15) is 0 Å². The van der Waals surface area contributed by atoms with E-state index in [1.54, 1.807) is 6.07 Å². The Labute approximate surface area is 122 Å². The number of rotatable bonds is 4. The van der Waals surface area contributed by atoms with Crippen LogP contribution in [-0.2, 0) is 11.3 Å². The molecule has 2 N–H and O–H groups in total. The van der Waals surface area contributed by atoms with Crippen LogP contribution in [0.25, 0.3) is 11.1 Å². The first-order valence-electron chi connectivity index (χ1n) is 7.32. The molecule has 1 atom stereocenters. The number of aromatic nitrogens is 1. The number of hydrogen-bond acceptors (Lipinski definition) is 4. The van der Waals surface area contributed by atoms with Crippen molar-refractivity contribution in [1.29, 1.82) is 0 Å². The number of carbonyl (C=O) groups is 1. The molecule has 6 nitrogen and oxygen atoms in total. The number of para-hydroxylation sites is 2. The molecule has 3 rings (SSSR count). The van der Waals surface area contributed by atoms with Gasteiger partial charge in [0.1, 0.15) is 0 Å². The van der Waals surface area contributed by atoms with Crippen LogP contribution < -0.4 is 16.4 Å². The molecule has 1 aliphatic heterocycles. The van der Waals surface area contributed by atoms with Crippen LogP contribution in [0.3, 0.4) is 0 Å². The quantitative estimate of drug-likeness (QED) is 0.875. The van der Waals surface area contributed by atoms with E-state index in [-0.39, 0.29) is 18.4 Å². The van der Waals surface area contributed by atoms with E-state index in [9.17, 15) is 9.59 Å². The smallest absolute Gasteiger partial charge is 0.408 e. The SMILES string of the molecule is O=C(CCn1c(=O)oc2ccccc21)N[C@H]1CCCNC1. The van der Waals surface area contributed by atoms with Crippen molar-refractivity contribution in [2.24, 2.45) is 0 Å². The molecule has 1 aliphatic rings. The van der Waals surface area contributed by atoms with Crippen molar-refractivity contribution in [3.05, 3.63) is 34.8 Å². The second kappa shape index (κ2) is 6.13. The van der Waals surface area contributed by atoms with Gasteiger partial charge >= 0.3 is 5.76 Å². The lowest BCUT2D eigenvalue weighted by atomic mass is 10.1. The van der Waals surface area contributed by atoms with Crippen LogP contribution in [0.4, 0.5) is 0 Å². The highest BCUT2D eigenvalue weighted by Gasteiger charge is 2.16. The molecule has 0 bridgehead atoms. The number of fused-ring (bicyclic) bond motifs is 1. The number of carbonyl (C=O) groups excluding carboxylic acids is 1. The van der Waals surface area contributed by atoms with E-state index in [4.69, 9.17) is 4.42 Å². The number of nitrogens with one attached hydrogen (secondary N) is 2. The zero-order valence-electron chi connectivity index (χ0n) is 11.8. The van der Waals surface area contributed by atoms with Crippen LogP contribution in [0.15, 0.2) is 33.5 Å². The molecule has 112 valence electrons. The third kappa shape index (κ3) is 3.16. The van der Waals surface area contributed by atoms with Gasteiger partial charge in [0.15, 0.2) is 5.58 Å². The van der Waals surface area contributed by atoms with Gasteiger partial charge in [-0.15, -0.1) is 0 Å². The highest BCUT2D eigenvalue weighted by Crippen LogP contribution is 2.12. The van der Waals surface area contributed by atoms with Crippen molar-refractivity contribution in [2.45, 2.75) is 31.8 Å². The summed E-state index contributed by atoms with van der Waals surface area (Å²) in [6.45, 7) is 2.17. The van der Waals surface area contributed by atoms with Gasteiger partial charge in [0.05, 0.1) is 5.52 Å². The van der Waals surface area contributed by atoms with E-state index in [0.29, 0.717) is 12.1 Å². The third-order valence-corrected chi connectivity index (χ3v) is 3.80. The summed E-state index contributed by atoms with van der Waals surface area (Å²) in [6, 6.07) is 7.44. The molecular weight excluding hydrogens is 270 g/mol. The van der Waals surface area contributed by atoms with Gasteiger partial charge in [-0.1, -0.05) is 12.1 Å². The highest BCUT2D eigenvalue weighted by molar-refractivity contribution is 5.77. The van der Waals surface area contributed by atoms with Crippen LogP contribution in [0, 0.1) is 0 Å². The average molecular weight is 289 g/mol. The fourth-order valence-corrected chi connectivity index (χ4v) is 2.71. The van der Waals surface area contributed by atoms with Gasteiger partial charge in [-0.3, -0.25) is 9.36 Å². The normalized spacial score (nSPS) is 18.8. The molecular formula is C15H19N3O3. The average Bonchev–Trinajstić information content (AvgIpc) is 2.81. The summed E-state index contributed by atoms with van der Waals surface area (Å²) in [5.41, 5.74) is 1.29. The molecule has 21 heavy (non-hydrogen) atoms. The summed E-state index contributed by atoms with van der Waals surface area (Å²) in [7, 11) is 0. The Balaban J connectivity index is 1.62. The van der Waals surface area contributed by atoms with Crippen molar-refractivity contribution < 1.29 is 9.21 Å². The molecule has 1 aromatic heterocycles. The molecule has 6 heteroatoms. The standard InChI is InChI=1S/C15H19N3O3/c19-14(17-11-4-3-8-16-10-11)7-9-18-12-5-1-2-6-13(12)21-15(18)20/h1-2,5-6,11,16H,3-4,7-10H2,(H,17,19)/t11-/m0/s1. The molecule has 0 spiro atoms. The van der Waals surface area contributed by atoms with E-state index in [2.05, 4.69) is 10.6 Å². The number of nitrogens with zero attached hydrogens (tertiary/aromatic N) is 1. The predicted molar refractivity (Wildman–Crippen MR) is 79.1 cm³/mol. The minimum atomic E-state index is -0.414. The number of amides is 1. The molecule has 1 saturated heterocycles. The number of hydrogen-bond donors (Lipinski definition) is 2. The van der Waals surface area contributed by atoms with E-state index in [1.807, 2.05) is 18.2 Å². The minimum absolute atomic E-state index is 0.0270. The molecule has 1 fully saturated rings. The van der Waals surface area contributed by atoms with E-state index in [0.717, 1.165) is 31.4 Å². The lowest BCUT2D eigenvalue weighted by Gasteiger charge is -2.23. The first kappa shape index (κ1) is 13.9. The van der Waals surface area contributed by atoms with Gasteiger partial charge in [-0.05, 0) is 31.5 Å². The zero-order valence-corrected chi connectivity index (χ0v) is 11.8. The van der Waals surface area contributed by atoms with E-state index in [1.165, 1.54) is 4.57 Å². The molecule has 0 radical (unpaired) electrons. The summed E-state index contributed by atoms with van der Waals surface area (Å²) in [4.78, 5) is 23.8. The fraction of sp³-hybridized carbons (Fsp3) is 0.467. The first-order chi connectivity index (χ1) is 10.2. The van der Waals surface area contributed by atoms with Crippen molar-refractivity contribution in [1.82, 2.24) is 15.2 Å². The molecule has 0 unspecified atom stereocenters. The largest absolute Gasteiger partial charge is 0.419 e. The Bertz CT molecular complexity index is 683. The van der Waals surface area contributed by atoms with Crippen LogP contribution in [0.1, 0.15) is 19.3 Å². The fourth-order valence-electron chi connectivity index (χ4n) is 2.71. The molecule has 1 aromatic carbocycles. The molecule has 0 aliphatic carbocycles. The number of piperidine rings is 1. The van der Waals surface area contributed by atoms with Crippen LogP contribution in [-0.4, -0.2) is 29.6 Å². The summed E-state index contributed by atoms with van der Waals surface area (Å²) >= 11 is 0. The number of aryl methyl sites for hydroxylation is 1. The highest BCUT2D eigenvalue weighted by atomic mass is 16.4. The molecule has 2 heterocycles. The van der Waals surface area contributed by atoms with Crippen molar-refractivity contribution in [2.75, 3.05) is 13.1 Å². The lowest BCUT2D eigenvalue weighted by molar-refractivity contribution is -0.122. The maximum atomic E-state index is 12.0. The second-order valence-electron chi connectivity index (χ2n) is 5.35. The lowest BCUT2D eigenvalue weighted by Crippen LogP contribution is -2.45. The Morgan fingerprint density at radius 3 is 3.10 bits per heavy atom. The van der Waals surface area contributed by atoms with Crippen molar-refractivity contribution in [3.63, 3.8) is 0 Å². The predicted octanol–water partition coefficient (Wildman–Crippen LogP) is 0.853. The molecule has 2 aromatic rings. The summed E-state index contributed by atoms with van der Waals surface area (Å²) in [5, 5.41) is 6.26. The minimum Gasteiger partial charge on any atom is -0.408 e. The van der Waals surface area contributed by atoms with Gasteiger partial charge < -0.3 is 15.1 Å². The van der Waals surface area contributed by atoms with Crippen molar-refractivity contribution in [3.8, 4) is 0 Å². The maximum Gasteiger partial charge on any atom is 0.419 e. The van der Waals surface area contributed by atoms with E-state index >= 15 is 0 Å². The topological polar surface area (TPSA) is 76.3 Å². The van der Waals surface area contributed by atoms with Gasteiger partial charge in [0.2, 0.25) is 5.91 Å². The monoisotopic (exact) mass is 289 g/mol. The van der Waals surface area contributed by atoms with Gasteiger partial charge in [0.25, 0.3) is 0 Å². The third-order valence-electron chi connectivity index (χ3n) is 3.80. The zero-order chi connectivity index (χ0) is 14.7. The maximum absolute atomic E-state index is 12.0. The molecule has 1 amide bonds. The van der Waals surface area contributed by atoms with Gasteiger partial charge in [0, 0.05) is 25.6 Å². The Kier molecular flexibility index (Phi) is 4.06. The number of oxazole rings is 1. The summed E-state index contributed by atoms with van der Waals surface area (Å²) in [6.07, 6.45) is 2.37. The number of benzene rings is 1. The Hall–Kier alpha value is -2.08. The molecule has 0 saturated carbocycles. The van der Waals surface area contributed by atoms with Gasteiger partial charge in [-0.25, -0.2) is 4.79 Å². The summed E-state index contributed by atoms with van der Waals surface area (Å²) in [5.74, 6) is -0.441. The first-order valence-corrected chi connectivity index (χ1v) is 7.32. The Morgan fingerprint density at radius 2 is 2.29 bits per heavy atom. The van der Waals surface area contributed by atoms with Crippen LogP contribution >= 0.6 is 0 Å². The Morgan fingerprint density at radius 1 is 1.43 bits per heavy atom. The van der Waals surface area contributed by atoms with Crippen LogP contribution in [0.5, 0.6) is 0 Å². The second-order valence-corrected chi connectivity index (χ2v) is 5.35. The van der Waals surface area contributed by atoms with Crippen molar-refractivity contribution >= 4 is 17.0 Å². The van der Waals surface area contributed by atoms with Crippen LogP contribution in [0.2, 0.25) is 0 Å². The summed E-state index contributed by atoms with van der Waals surface area (Å²) < 4.78 is 6.65. The van der Waals surface area contributed by atoms with E-state index < -0.39 is 5.76 Å².